The Morgan fingerprint density at radius 3 is 2.29 bits per heavy atom. The third-order valence-electron chi connectivity index (χ3n) is 5.57. The molecule has 38 heavy (non-hydrogen) atoms. The highest BCUT2D eigenvalue weighted by atomic mass is 19.2. The van der Waals surface area contributed by atoms with Crippen molar-refractivity contribution in [1.82, 2.24) is 20.6 Å². The van der Waals surface area contributed by atoms with Gasteiger partial charge in [0.05, 0.1) is 5.71 Å². The molecule has 4 aromatic rings. The second kappa shape index (κ2) is 9.42. The number of hydrogen-bond donors (Lipinski definition) is 2. The van der Waals surface area contributed by atoms with E-state index < -0.39 is 46.7 Å². The number of tetrazole rings is 1. The number of hydrazone groups is 1. The zero-order valence-electron chi connectivity index (χ0n) is 19.0. The molecule has 0 fully saturated rings. The molecular formula is C23H13F5N8O2. The number of hydrogen-bond acceptors (Lipinski definition) is 8. The molecule has 0 bridgehead atoms. The second-order valence-corrected chi connectivity index (χ2v) is 7.92. The van der Waals surface area contributed by atoms with Gasteiger partial charge in [0, 0.05) is 11.1 Å². The first-order chi connectivity index (χ1) is 18.2. The first kappa shape index (κ1) is 24.6. The van der Waals surface area contributed by atoms with Crippen molar-refractivity contribution >= 4 is 23.0 Å². The van der Waals surface area contributed by atoms with Crippen molar-refractivity contribution in [2.75, 3.05) is 5.01 Å². The summed E-state index contributed by atoms with van der Waals surface area (Å²) in [6, 6.07) is 9.84. The van der Waals surface area contributed by atoms with Crippen LogP contribution < -0.4 is 5.01 Å². The van der Waals surface area contributed by atoms with E-state index in [9.17, 15) is 31.9 Å². The van der Waals surface area contributed by atoms with Gasteiger partial charge in [0.15, 0.2) is 35.1 Å². The lowest BCUT2D eigenvalue weighted by Crippen LogP contribution is -2.31. The van der Waals surface area contributed by atoms with E-state index in [2.05, 4.69) is 36.0 Å². The number of amides is 1. The largest absolute Gasteiger partial charge is 0.505 e. The van der Waals surface area contributed by atoms with Crippen molar-refractivity contribution in [2.45, 2.75) is 13.0 Å². The van der Waals surface area contributed by atoms with E-state index >= 15 is 0 Å². The van der Waals surface area contributed by atoms with Crippen LogP contribution in [-0.4, -0.2) is 43.4 Å². The Kier molecular flexibility index (Phi) is 6.10. The molecule has 0 spiro atoms. The molecule has 1 unspecified atom stereocenters. The number of anilines is 1. The van der Waals surface area contributed by atoms with Gasteiger partial charge in [-0.15, -0.1) is 10.2 Å². The van der Waals surface area contributed by atoms with E-state index in [-0.39, 0.29) is 22.2 Å². The number of nitrogens with one attached hydrogen (secondary N) is 1. The summed E-state index contributed by atoms with van der Waals surface area (Å²) in [6.45, 7) is 1.26. The molecule has 2 heterocycles. The van der Waals surface area contributed by atoms with Gasteiger partial charge < -0.3 is 5.11 Å². The van der Waals surface area contributed by atoms with E-state index in [4.69, 9.17) is 0 Å². The third-order valence-corrected chi connectivity index (χ3v) is 5.57. The van der Waals surface area contributed by atoms with Crippen LogP contribution in [0.3, 0.4) is 0 Å². The van der Waals surface area contributed by atoms with Gasteiger partial charge in [0.25, 0.3) is 5.91 Å². The predicted molar refractivity (Wildman–Crippen MR) is 122 cm³/mol. The van der Waals surface area contributed by atoms with E-state index in [1.165, 1.54) is 13.0 Å². The molecule has 2 N–H and O–H groups in total. The van der Waals surface area contributed by atoms with Gasteiger partial charge in [0.2, 0.25) is 11.6 Å². The maximum atomic E-state index is 14.2. The van der Waals surface area contributed by atoms with Crippen LogP contribution in [0.5, 0.6) is 5.75 Å². The highest BCUT2D eigenvalue weighted by Gasteiger charge is 2.40. The van der Waals surface area contributed by atoms with Gasteiger partial charge in [-0.05, 0) is 29.8 Å². The van der Waals surface area contributed by atoms with Crippen LogP contribution in [0.4, 0.5) is 33.3 Å². The SMILES string of the molecule is CC1=NN(c2c(F)c(F)c(F)c(F)c2F)C(=O)C1N=Nc1cccc(-c2cccc(-c3nn[nH]n3)c2)c1O. The molecule has 15 heteroatoms. The fourth-order valence-corrected chi connectivity index (χ4v) is 3.70. The molecule has 0 aliphatic carbocycles. The van der Waals surface area contributed by atoms with Crippen LogP contribution in [0.2, 0.25) is 0 Å². The number of phenols is 1. The zero-order valence-corrected chi connectivity index (χ0v) is 19.0. The molecule has 0 saturated heterocycles. The number of nitrogens with zero attached hydrogens (tertiary/aromatic N) is 7. The van der Waals surface area contributed by atoms with Crippen molar-refractivity contribution < 1.29 is 31.9 Å². The number of azo groups is 1. The van der Waals surface area contributed by atoms with E-state index in [1.807, 2.05) is 0 Å². The number of aromatic amines is 1. The van der Waals surface area contributed by atoms with E-state index in [0.717, 1.165) is 0 Å². The third kappa shape index (κ3) is 4.03. The predicted octanol–water partition coefficient (Wildman–Crippen LogP) is 4.81. The first-order valence-electron chi connectivity index (χ1n) is 10.7. The van der Waals surface area contributed by atoms with Crippen LogP contribution in [0, 0.1) is 29.1 Å². The molecule has 5 rings (SSSR count). The molecule has 1 aliphatic heterocycles. The molecule has 1 aliphatic rings. The highest BCUT2D eigenvalue weighted by Crippen LogP contribution is 2.39. The lowest BCUT2D eigenvalue weighted by Gasteiger charge is -2.15. The molecular weight excluding hydrogens is 515 g/mol. The molecule has 192 valence electrons. The quantitative estimate of drug-likeness (QED) is 0.166. The van der Waals surface area contributed by atoms with Gasteiger partial charge in [-0.25, -0.2) is 22.0 Å². The second-order valence-electron chi connectivity index (χ2n) is 7.92. The van der Waals surface area contributed by atoms with Gasteiger partial charge >= 0.3 is 0 Å². The van der Waals surface area contributed by atoms with Crippen molar-refractivity contribution in [2.24, 2.45) is 15.3 Å². The molecule has 0 radical (unpaired) electrons. The van der Waals surface area contributed by atoms with Crippen LogP contribution >= 0.6 is 0 Å². The number of aromatic nitrogens is 4. The average Bonchev–Trinajstić information content (AvgIpc) is 3.55. The summed E-state index contributed by atoms with van der Waals surface area (Å²) in [5.74, 6) is -12.5. The van der Waals surface area contributed by atoms with Crippen LogP contribution in [0.15, 0.2) is 57.8 Å². The fraction of sp³-hybridized carbons (Fsp3) is 0.0870. The first-order valence-corrected chi connectivity index (χ1v) is 10.7. The summed E-state index contributed by atoms with van der Waals surface area (Å²) in [5.41, 5.74) is -0.213. The number of para-hydroxylation sites is 1. The smallest absolute Gasteiger partial charge is 0.280 e. The number of benzene rings is 3. The Bertz CT molecular complexity index is 1610. The topological polar surface area (TPSA) is 132 Å². The number of aromatic hydroxyl groups is 1. The van der Waals surface area contributed by atoms with Crippen molar-refractivity contribution in [1.29, 1.82) is 0 Å². The minimum atomic E-state index is -2.37. The Morgan fingerprint density at radius 1 is 0.947 bits per heavy atom. The minimum absolute atomic E-state index is 0.0506. The van der Waals surface area contributed by atoms with Crippen molar-refractivity contribution in [3.05, 3.63) is 71.6 Å². The number of phenolic OH excluding ortho intramolecular Hbond substituents is 1. The molecule has 1 atom stereocenters. The Hall–Kier alpha value is -5.08. The standard InChI is InChI=1S/C23H13F5N8O2/c1-9-19(23(38)36(33-9)20-17(27)15(25)14(24)16(26)18(20)28)30-29-13-7-3-6-12(21(13)37)10-4-2-5-11(8-10)22-31-34-35-32-22/h2-8,19,37H,1H3,(H,31,32,34,35). The Labute approximate surface area is 209 Å². The van der Waals surface area contributed by atoms with E-state index in [0.29, 0.717) is 22.5 Å². The monoisotopic (exact) mass is 528 g/mol. The maximum absolute atomic E-state index is 14.2. The maximum Gasteiger partial charge on any atom is 0.280 e. The van der Waals surface area contributed by atoms with Gasteiger partial charge in [0.1, 0.15) is 11.4 Å². The number of halogens is 5. The number of rotatable bonds is 5. The molecule has 10 nitrogen and oxygen atoms in total. The summed E-state index contributed by atoms with van der Waals surface area (Å²) in [7, 11) is 0. The lowest BCUT2D eigenvalue weighted by atomic mass is 10.0. The van der Waals surface area contributed by atoms with Crippen molar-refractivity contribution in [3.8, 4) is 28.3 Å². The highest BCUT2D eigenvalue weighted by molar-refractivity contribution is 6.18. The van der Waals surface area contributed by atoms with Gasteiger partial charge in [-0.2, -0.15) is 25.6 Å². The normalized spacial score (nSPS) is 15.5. The number of carbonyl (C=O) groups excluding carboxylic acids is 1. The fourth-order valence-electron chi connectivity index (χ4n) is 3.70. The summed E-state index contributed by atoms with van der Waals surface area (Å²) in [6.07, 6.45) is 0. The van der Waals surface area contributed by atoms with Crippen LogP contribution in [-0.2, 0) is 4.79 Å². The minimum Gasteiger partial charge on any atom is -0.505 e. The van der Waals surface area contributed by atoms with Gasteiger partial charge in [-0.1, -0.05) is 30.3 Å². The lowest BCUT2D eigenvalue weighted by molar-refractivity contribution is -0.118. The van der Waals surface area contributed by atoms with Crippen LogP contribution in [0.1, 0.15) is 6.92 Å². The Balaban J connectivity index is 1.45. The summed E-state index contributed by atoms with van der Waals surface area (Å²) in [4.78, 5) is 12.8. The number of carbonyl (C=O) groups is 1. The summed E-state index contributed by atoms with van der Waals surface area (Å²) < 4.78 is 69.1. The van der Waals surface area contributed by atoms with Crippen molar-refractivity contribution in [3.63, 3.8) is 0 Å². The molecule has 3 aromatic carbocycles. The average molecular weight is 528 g/mol. The number of H-pyrrole nitrogens is 1. The zero-order chi connectivity index (χ0) is 27.1. The Morgan fingerprint density at radius 2 is 1.61 bits per heavy atom. The van der Waals surface area contributed by atoms with E-state index in [1.54, 1.807) is 36.4 Å². The van der Waals surface area contributed by atoms with Gasteiger partial charge in [-0.3, -0.25) is 4.79 Å². The molecule has 1 aromatic heterocycles. The van der Waals surface area contributed by atoms with Crippen LogP contribution in [0.25, 0.3) is 22.5 Å². The molecule has 0 saturated carbocycles. The summed E-state index contributed by atoms with van der Waals surface area (Å²) in [5, 5.41) is 35.8. The summed E-state index contributed by atoms with van der Waals surface area (Å²) >= 11 is 0. The molecule has 1 amide bonds.